The molecule has 0 aliphatic carbocycles. The molecule has 0 radical (unpaired) electrons. The Morgan fingerprint density at radius 3 is 2.54 bits per heavy atom. The second-order valence-corrected chi connectivity index (χ2v) is 7.79. The van der Waals surface area contributed by atoms with Crippen molar-refractivity contribution in [2.24, 2.45) is 18.0 Å². The van der Waals surface area contributed by atoms with Crippen LogP contribution in [0.1, 0.15) is 46.4 Å². The Hall–Kier alpha value is -1.59. The number of piperidine rings is 1. The van der Waals surface area contributed by atoms with Gasteiger partial charge in [-0.1, -0.05) is 0 Å². The van der Waals surface area contributed by atoms with E-state index >= 15 is 0 Å². The molecule has 0 bridgehead atoms. The van der Waals surface area contributed by atoms with Crippen LogP contribution in [0.2, 0.25) is 0 Å². The lowest BCUT2D eigenvalue weighted by Gasteiger charge is -2.33. The molecule has 0 saturated carbocycles. The molecule has 2 rings (SSSR count). The second-order valence-electron chi connectivity index (χ2n) is 7.79. The van der Waals surface area contributed by atoms with Crippen molar-refractivity contribution in [3.8, 4) is 0 Å². The van der Waals surface area contributed by atoms with Gasteiger partial charge in [0.25, 0.3) is 0 Å². The molecule has 1 aromatic heterocycles. The average molecular weight is 507 g/mol. The third-order valence-corrected chi connectivity index (χ3v) is 4.35. The lowest BCUT2D eigenvalue weighted by atomic mass is 9.97. The average Bonchev–Trinajstić information content (AvgIpc) is 3.01. The number of aryl methyl sites for hydroxylation is 1. The van der Waals surface area contributed by atoms with E-state index in [1.165, 1.54) is 6.33 Å². The standard InChI is InChI=1S/C18H33N7O2.HI/c1-6-19-16(21-12-15-22-13-23-24(15)5)20-11-14-7-9-25(10-8-14)17(26)27-18(2,3)4;/h13-14H,6-12H2,1-5H3,(H2,19,20,21);1H. The Labute approximate surface area is 184 Å². The van der Waals surface area contributed by atoms with Gasteiger partial charge in [-0.2, -0.15) is 5.10 Å². The van der Waals surface area contributed by atoms with E-state index < -0.39 is 5.60 Å². The predicted octanol–water partition coefficient (Wildman–Crippen LogP) is 2.14. The van der Waals surface area contributed by atoms with Gasteiger partial charge < -0.3 is 20.3 Å². The number of carbonyl (C=O) groups excluding carboxylic acids is 1. The summed E-state index contributed by atoms with van der Waals surface area (Å²) in [5.41, 5.74) is -0.449. The SMILES string of the molecule is CCNC(=NCc1ncnn1C)NCC1CCN(C(=O)OC(C)(C)C)CC1.I. The highest BCUT2D eigenvalue weighted by atomic mass is 127. The number of carbonyl (C=O) groups is 1. The molecule has 1 saturated heterocycles. The summed E-state index contributed by atoms with van der Waals surface area (Å²) in [6.45, 7) is 11.3. The van der Waals surface area contributed by atoms with Gasteiger partial charge in [0.05, 0.1) is 0 Å². The van der Waals surface area contributed by atoms with Crippen LogP contribution in [0.15, 0.2) is 11.3 Å². The molecule has 10 heteroatoms. The Bertz CT molecular complexity index is 634. The summed E-state index contributed by atoms with van der Waals surface area (Å²) in [6, 6.07) is 0. The molecule has 2 heterocycles. The summed E-state index contributed by atoms with van der Waals surface area (Å²) in [7, 11) is 1.86. The van der Waals surface area contributed by atoms with Gasteiger partial charge in [0.15, 0.2) is 5.96 Å². The third-order valence-electron chi connectivity index (χ3n) is 4.35. The first-order valence-electron chi connectivity index (χ1n) is 9.61. The van der Waals surface area contributed by atoms with Crippen LogP contribution in [0.4, 0.5) is 4.79 Å². The number of nitrogens with one attached hydrogen (secondary N) is 2. The molecule has 1 amide bonds. The summed E-state index contributed by atoms with van der Waals surface area (Å²) >= 11 is 0. The number of aliphatic imine (C=N–C) groups is 1. The fourth-order valence-corrected chi connectivity index (χ4v) is 2.84. The van der Waals surface area contributed by atoms with E-state index in [2.05, 4.69) is 25.7 Å². The molecule has 1 aromatic rings. The number of rotatable bonds is 5. The molecule has 1 fully saturated rings. The number of hydrogen-bond donors (Lipinski definition) is 2. The van der Waals surface area contributed by atoms with Gasteiger partial charge >= 0.3 is 6.09 Å². The highest BCUT2D eigenvalue weighted by Crippen LogP contribution is 2.19. The van der Waals surface area contributed by atoms with Crippen molar-refractivity contribution in [1.29, 1.82) is 0 Å². The minimum Gasteiger partial charge on any atom is -0.444 e. The van der Waals surface area contributed by atoms with Crippen molar-refractivity contribution in [3.05, 3.63) is 12.2 Å². The molecule has 0 unspecified atom stereocenters. The minimum absolute atomic E-state index is 0. The van der Waals surface area contributed by atoms with Crippen LogP contribution in [0.25, 0.3) is 0 Å². The molecule has 9 nitrogen and oxygen atoms in total. The van der Waals surface area contributed by atoms with Gasteiger partial charge in [-0.3, -0.25) is 4.68 Å². The van der Waals surface area contributed by atoms with E-state index in [1.807, 2.05) is 34.7 Å². The fourth-order valence-electron chi connectivity index (χ4n) is 2.84. The number of hydrogen-bond acceptors (Lipinski definition) is 5. The van der Waals surface area contributed by atoms with Gasteiger partial charge in [0, 0.05) is 33.2 Å². The van der Waals surface area contributed by atoms with Crippen LogP contribution in [0.5, 0.6) is 0 Å². The van der Waals surface area contributed by atoms with E-state index in [4.69, 9.17) is 4.74 Å². The Balaban J connectivity index is 0.00000392. The quantitative estimate of drug-likeness (QED) is 0.360. The van der Waals surface area contributed by atoms with Crippen LogP contribution >= 0.6 is 24.0 Å². The van der Waals surface area contributed by atoms with Crippen molar-refractivity contribution >= 4 is 36.0 Å². The zero-order valence-electron chi connectivity index (χ0n) is 17.6. The van der Waals surface area contributed by atoms with E-state index in [1.54, 1.807) is 9.58 Å². The Morgan fingerprint density at radius 2 is 2.00 bits per heavy atom. The van der Waals surface area contributed by atoms with Crippen LogP contribution in [0.3, 0.4) is 0 Å². The first-order valence-corrected chi connectivity index (χ1v) is 9.61. The summed E-state index contributed by atoms with van der Waals surface area (Å²) in [5, 5.41) is 10.7. The van der Waals surface area contributed by atoms with Crippen LogP contribution in [0, 0.1) is 5.92 Å². The van der Waals surface area contributed by atoms with Crippen LogP contribution in [-0.2, 0) is 18.3 Å². The number of nitrogens with zero attached hydrogens (tertiary/aromatic N) is 5. The predicted molar refractivity (Wildman–Crippen MR) is 120 cm³/mol. The topological polar surface area (TPSA) is 96.7 Å². The first kappa shape index (κ1) is 24.4. The largest absolute Gasteiger partial charge is 0.444 e. The molecular formula is C18H34IN7O2. The van der Waals surface area contributed by atoms with Crippen LogP contribution in [-0.4, -0.2) is 63.5 Å². The zero-order chi connectivity index (χ0) is 19.9. The van der Waals surface area contributed by atoms with Crippen molar-refractivity contribution in [2.75, 3.05) is 26.2 Å². The highest BCUT2D eigenvalue weighted by molar-refractivity contribution is 14.0. The normalized spacial score (nSPS) is 15.8. The van der Waals surface area contributed by atoms with E-state index in [0.717, 1.165) is 50.8 Å². The number of aromatic nitrogens is 3. The second kappa shape index (κ2) is 11.4. The maximum Gasteiger partial charge on any atom is 0.410 e. The number of guanidine groups is 1. The van der Waals surface area contributed by atoms with Crippen molar-refractivity contribution < 1.29 is 9.53 Å². The number of halogens is 1. The molecule has 0 aromatic carbocycles. The number of likely N-dealkylation sites (tertiary alicyclic amines) is 1. The molecule has 0 spiro atoms. The molecule has 28 heavy (non-hydrogen) atoms. The lowest BCUT2D eigenvalue weighted by Crippen LogP contribution is -2.45. The molecule has 1 aliphatic rings. The number of ether oxygens (including phenoxy) is 1. The number of amides is 1. The minimum atomic E-state index is -0.449. The molecule has 1 aliphatic heterocycles. The maximum absolute atomic E-state index is 12.1. The Kier molecular flexibility index (Phi) is 9.97. The summed E-state index contributed by atoms with van der Waals surface area (Å²) in [4.78, 5) is 22.7. The third kappa shape index (κ3) is 8.19. The van der Waals surface area contributed by atoms with Gasteiger partial charge in [0.1, 0.15) is 24.3 Å². The van der Waals surface area contributed by atoms with Gasteiger partial charge in [0.2, 0.25) is 0 Å². The lowest BCUT2D eigenvalue weighted by molar-refractivity contribution is 0.0185. The maximum atomic E-state index is 12.1. The zero-order valence-corrected chi connectivity index (χ0v) is 19.9. The van der Waals surface area contributed by atoms with Gasteiger partial charge in [-0.05, 0) is 46.5 Å². The molecular weight excluding hydrogens is 473 g/mol. The monoisotopic (exact) mass is 507 g/mol. The van der Waals surface area contributed by atoms with E-state index in [0.29, 0.717) is 12.5 Å². The van der Waals surface area contributed by atoms with Gasteiger partial charge in [-0.15, -0.1) is 24.0 Å². The van der Waals surface area contributed by atoms with E-state index in [-0.39, 0.29) is 30.1 Å². The van der Waals surface area contributed by atoms with Crippen LogP contribution < -0.4 is 10.6 Å². The highest BCUT2D eigenvalue weighted by Gasteiger charge is 2.26. The molecule has 0 atom stereocenters. The van der Waals surface area contributed by atoms with Crippen molar-refractivity contribution in [1.82, 2.24) is 30.3 Å². The van der Waals surface area contributed by atoms with Gasteiger partial charge in [-0.25, -0.2) is 14.8 Å². The molecule has 2 N–H and O–H groups in total. The summed E-state index contributed by atoms with van der Waals surface area (Å²) < 4.78 is 7.17. The fraction of sp³-hybridized carbons (Fsp3) is 0.778. The first-order chi connectivity index (χ1) is 12.8. The summed E-state index contributed by atoms with van der Waals surface area (Å²) in [6.07, 6.45) is 3.22. The van der Waals surface area contributed by atoms with Crippen molar-refractivity contribution in [2.45, 2.75) is 52.7 Å². The summed E-state index contributed by atoms with van der Waals surface area (Å²) in [5.74, 6) is 2.09. The molecule has 160 valence electrons. The van der Waals surface area contributed by atoms with Crippen molar-refractivity contribution in [3.63, 3.8) is 0 Å². The smallest absolute Gasteiger partial charge is 0.410 e. The van der Waals surface area contributed by atoms with E-state index in [9.17, 15) is 4.79 Å². The Morgan fingerprint density at radius 1 is 1.32 bits per heavy atom.